The summed E-state index contributed by atoms with van der Waals surface area (Å²) in [5.41, 5.74) is 1.56. The number of hydrogen-bond donors (Lipinski definition) is 0. The fourth-order valence-corrected chi connectivity index (χ4v) is 4.61. The van der Waals surface area contributed by atoms with E-state index >= 15 is 0 Å². The lowest BCUT2D eigenvalue weighted by atomic mass is 9.90. The summed E-state index contributed by atoms with van der Waals surface area (Å²) in [6.45, 7) is 1.88. The molecule has 0 amide bonds. The van der Waals surface area contributed by atoms with E-state index in [-0.39, 0.29) is 30.0 Å². The van der Waals surface area contributed by atoms with E-state index < -0.39 is 18.8 Å². The molecule has 2 aliphatic rings. The summed E-state index contributed by atoms with van der Waals surface area (Å²) in [6.07, 6.45) is 0.702. The molecule has 1 aromatic carbocycles. The maximum absolute atomic E-state index is 12.4. The fourth-order valence-electron chi connectivity index (χ4n) is 4.61. The molecule has 0 radical (unpaired) electrons. The Bertz CT molecular complexity index is 1110. The molecule has 0 spiro atoms. The zero-order chi connectivity index (χ0) is 27.3. The molecule has 2 heterocycles. The Balaban J connectivity index is 1.32. The molecule has 208 valence electrons. The Morgan fingerprint density at radius 3 is 2.37 bits per heavy atom. The van der Waals surface area contributed by atoms with Crippen LogP contribution in [-0.4, -0.2) is 79.4 Å². The van der Waals surface area contributed by atoms with Crippen LogP contribution in [0.15, 0.2) is 41.8 Å². The van der Waals surface area contributed by atoms with Gasteiger partial charge in [-0.3, -0.25) is 0 Å². The predicted molar refractivity (Wildman–Crippen MR) is 130 cm³/mol. The number of benzene rings is 1. The Kier molecular flexibility index (Phi) is 9.03. The zero-order valence-corrected chi connectivity index (χ0v) is 21.5. The van der Waals surface area contributed by atoms with Gasteiger partial charge in [0.05, 0.1) is 11.8 Å². The van der Waals surface area contributed by atoms with Gasteiger partial charge in [-0.25, -0.2) is 9.67 Å². The van der Waals surface area contributed by atoms with Crippen LogP contribution in [0, 0.1) is 5.92 Å². The third kappa shape index (κ3) is 6.70. The van der Waals surface area contributed by atoms with Crippen LogP contribution in [0.1, 0.15) is 32.0 Å². The number of methoxy groups -OCH3 is 3. The van der Waals surface area contributed by atoms with E-state index in [1.54, 1.807) is 27.5 Å². The number of nitrogens with zero attached hydrogens (tertiary/aromatic N) is 4. The lowest BCUT2D eigenvalue weighted by molar-refractivity contribution is -0.305. The highest BCUT2D eigenvalue weighted by Crippen LogP contribution is 2.30. The zero-order valence-electron chi connectivity index (χ0n) is 21.5. The number of aromatic nitrogens is 3. The first kappa shape index (κ1) is 28.0. The summed E-state index contributed by atoms with van der Waals surface area (Å²) in [7, 11) is 4.75. The molecule has 1 fully saturated rings. The van der Waals surface area contributed by atoms with Crippen LogP contribution >= 0.6 is 0 Å². The van der Waals surface area contributed by atoms with E-state index in [0.717, 1.165) is 24.8 Å². The van der Waals surface area contributed by atoms with Crippen LogP contribution < -0.4 is 4.74 Å². The lowest BCUT2D eigenvalue weighted by Crippen LogP contribution is -2.59. The summed E-state index contributed by atoms with van der Waals surface area (Å²) in [6, 6.07) is 5.43. The highest BCUT2D eigenvalue weighted by molar-refractivity contribution is 5.66. The maximum Gasteiger partial charge on any atom is 0.573 e. The first-order valence-corrected chi connectivity index (χ1v) is 12.1. The molecule has 0 saturated carbocycles. The van der Waals surface area contributed by atoms with Gasteiger partial charge in [-0.15, -0.1) is 18.3 Å². The number of alkyl halides is 3. The molecule has 1 unspecified atom stereocenters. The number of ether oxygens (including phenoxy) is 5. The van der Waals surface area contributed by atoms with E-state index in [2.05, 4.69) is 26.1 Å². The molecular formula is C25H31F3N4O6. The molecule has 1 saturated heterocycles. The summed E-state index contributed by atoms with van der Waals surface area (Å²) < 4.78 is 65.0. The van der Waals surface area contributed by atoms with Crippen molar-refractivity contribution in [2.75, 3.05) is 21.3 Å². The second kappa shape index (κ2) is 12.2. The molecule has 2 aromatic rings. The Hall–Kier alpha value is -3.00. The molecule has 1 aliphatic carbocycles. The van der Waals surface area contributed by atoms with Gasteiger partial charge in [0.15, 0.2) is 11.9 Å². The first-order chi connectivity index (χ1) is 18.2. The Labute approximate surface area is 218 Å². The average Bonchev–Trinajstić information content (AvgIpc) is 3.38. The third-order valence-electron chi connectivity index (χ3n) is 6.55. The van der Waals surface area contributed by atoms with Gasteiger partial charge < -0.3 is 28.5 Å². The van der Waals surface area contributed by atoms with E-state index in [0.29, 0.717) is 11.5 Å². The highest BCUT2D eigenvalue weighted by Gasteiger charge is 2.47. The number of hydrogen-bond acceptors (Lipinski definition) is 9. The Morgan fingerprint density at radius 1 is 1.05 bits per heavy atom. The van der Waals surface area contributed by atoms with E-state index in [4.69, 9.17) is 23.8 Å². The van der Waals surface area contributed by atoms with E-state index in [1.165, 1.54) is 35.3 Å². The minimum atomic E-state index is -4.74. The van der Waals surface area contributed by atoms with Crippen LogP contribution in [0.25, 0.3) is 11.3 Å². The minimum Gasteiger partial charge on any atom is -0.406 e. The van der Waals surface area contributed by atoms with Gasteiger partial charge in [-0.05, 0) is 56.0 Å². The average molecular weight is 541 g/mol. The van der Waals surface area contributed by atoms with Crippen LogP contribution in [0.2, 0.25) is 0 Å². The van der Waals surface area contributed by atoms with Crippen molar-refractivity contribution in [3.63, 3.8) is 0 Å². The monoisotopic (exact) mass is 540 g/mol. The molecule has 6 atom stereocenters. The van der Waals surface area contributed by atoms with Gasteiger partial charge in [0.25, 0.3) is 6.29 Å². The molecule has 13 heteroatoms. The minimum absolute atomic E-state index is 0.161. The van der Waals surface area contributed by atoms with Crippen molar-refractivity contribution < 1.29 is 41.7 Å². The SMILES string of the molecule is CO[C@@H]1[C@@H](OC)[C@H](C)O[C@@H](O/N=C/C2CC=C(c3ncn(-c4ccc(OC(F)(F)F)cc4)n3)CC2)[C@@H]1OC. The topological polar surface area (TPSA) is 98.5 Å². The van der Waals surface area contributed by atoms with Gasteiger partial charge in [-0.1, -0.05) is 11.2 Å². The molecule has 1 aliphatic heterocycles. The standard InChI is InChI=1S/C25H31F3N4O6/c1-15-20(33-2)21(34-3)22(35-4)24(36-15)38-30-13-16-5-7-17(8-6-16)23-29-14-32(31-23)18-9-11-19(12-10-18)37-25(26,27)28/h7,9-16,20-22,24H,5-6,8H2,1-4H3/b30-13+/t15-,16?,20-,21+,22+,24-/m0/s1. The van der Waals surface area contributed by atoms with Gasteiger partial charge in [0, 0.05) is 33.5 Å². The van der Waals surface area contributed by atoms with Gasteiger partial charge in [0.2, 0.25) is 0 Å². The lowest BCUT2D eigenvalue weighted by Gasteiger charge is -2.42. The maximum atomic E-state index is 12.4. The van der Waals surface area contributed by atoms with Gasteiger partial charge in [0.1, 0.15) is 24.3 Å². The smallest absolute Gasteiger partial charge is 0.406 e. The number of rotatable bonds is 9. The van der Waals surface area contributed by atoms with Crippen molar-refractivity contribution in [3.05, 3.63) is 42.5 Å². The van der Waals surface area contributed by atoms with E-state index in [9.17, 15) is 13.2 Å². The van der Waals surface area contributed by atoms with Crippen LogP contribution in [0.4, 0.5) is 13.2 Å². The number of halogens is 3. The Morgan fingerprint density at radius 2 is 1.76 bits per heavy atom. The molecule has 0 bridgehead atoms. The summed E-state index contributed by atoms with van der Waals surface area (Å²) in [5.74, 6) is 0.431. The number of allylic oxidation sites excluding steroid dienone is 2. The molecular weight excluding hydrogens is 509 g/mol. The second-order valence-corrected chi connectivity index (χ2v) is 8.99. The third-order valence-corrected chi connectivity index (χ3v) is 6.55. The quantitative estimate of drug-likeness (QED) is 0.346. The predicted octanol–water partition coefficient (Wildman–Crippen LogP) is 4.14. The van der Waals surface area contributed by atoms with Crippen LogP contribution in [-0.2, 0) is 23.8 Å². The number of oxime groups is 1. The van der Waals surface area contributed by atoms with Crippen molar-refractivity contribution in [1.29, 1.82) is 0 Å². The highest BCUT2D eigenvalue weighted by atomic mass is 19.4. The van der Waals surface area contributed by atoms with Gasteiger partial charge in [-0.2, -0.15) is 0 Å². The molecule has 4 rings (SSSR count). The molecule has 0 N–H and O–H groups in total. The van der Waals surface area contributed by atoms with Crippen molar-refractivity contribution >= 4 is 11.8 Å². The van der Waals surface area contributed by atoms with Gasteiger partial charge >= 0.3 is 6.36 Å². The first-order valence-electron chi connectivity index (χ1n) is 12.1. The molecule has 38 heavy (non-hydrogen) atoms. The molecule has 1 aromatic heterocycles. The van der Waals surface area contributed by atoms with E-state index in [1.807, 2.05) is 6.92 Å². The van der Waals surface area contributed by atoms with Crippen molar-refractivity contribution in [2.24, 2.45) is 11.1 Å². The fraction of sp³-hybridized carbons (Fsp3) is 0.560. The largest absolute Gasteiger partial charge is 0.573 e. The van der Waals surface area contributed by atoms with Crippen LogP contribution in [0.3, 0.4) is 0 Å². The van der Waals surface area contributed by atoms with Crippen molar-refractivity contribution in [3.8, 4) is 11.4 Å². The molecule has 10 nitrogen and oxygen atoms in total. The van der Waals surface area contributed by atoms with Crippen molar-refractivity contribution in [2.45, 2.75) is 63.3 Å². The normalized spacial score (nSPS) is 28.3. The summed E-state index contributed by atoms with van der Waals surface area (Å²) in [5, 5.41) is 8.64. The summed E-state index contributed by atoms with van der Waals surface area (Å²) >= 11 is 0. The van der Waals surface area contributed by atoms with Crippen LogP contribution in [0.5, 0.6) is 5.75 Å². The summed E-state index contributed by atoms with van der Waals surface area (Å²) in [4.78, 5) is 10.0. The van der Waals surface area contributed by atoms with Crippen molar-refractivity contribution in [1.82, 2.24) is 14.8 Å². The second-order valence-electron chi connectivity index (χ2n) is 8.99.